The molecule has 0 spiro atoms. The van der Waals surface area contributed by atoms with Crippen molar-refractivity contribution in [2.75, 3.05) is 19.6 Å². The number of carbonyl (C=O) groups excluding carboxylic acids is 1. The zero-order valence-electron chi connectivity index (χ0n) is 23.4. The number of hydrogen-bond donors (Lipinski definition) is 1. The van der Waals surface area contributed by atoms with E-state index in [-0.39, 0.29) is 18.1 Å². The van der Waals surface area contributed by atoms with Gasteiger partial charge in [0.25, 0.3) is 0 Å². The van der Waals surface area contributed by atoms with Gasteiger partial charge in [0.2, 0.25) is 0 Å². The largest absolute Gasteiger partial charge is 0.491 e. The molecule has 2 aliphatic rings. The fraction of sp³-hybridized carbons (Fsp3) is 0.759. The van der Waals surface area contributed by atoms with E-state index in [1.165, 1.54) is 22.4 Å². The van der Waals surface area contributed by atoms with E-state index in [1.807, 2.05) is 20.8 Å². The second-order valence-corrected chi connectivity index (χ2v) is 11.6. The molecule has 200 valence electrons. The Hall–Kier alpha value is -1.98. The molecule has 0 radical (unpaired) electrons. The normalized spacial score (nSPS) is 20.1. The molecule has 2 atom stereocenters. The van der Waals surface area contributed by atoms with Crippen LogP contribution in [0.15, 0.2) is 34.3 Å². The molecule has 1 saturated heterocycles. The van der Waals surface area contributed by atoms with Gasteiger partial charge in [0, 0.05) is 36.8 Å². The molecule has 0 aromatic carbocycles. The summed E-state index contributed by atoms with van der Waals surface area (Å²) in [5.74, 6) is 0.877. The monoisotopic (exact) mass is 492 g/mol. The van der Waals surface area contributed by atoms with Crippen molar-refractivity contribution < 1.29 is 18.7 Å². The van der Waals surface area contributed by atoms with Crippen LogP contribution < -0.4 is 5.32 Å². The summed E-state index contributed by atoms with van der Waals surface area (Å²) in [7, 11) is 0. The molecule has 0 aromatic rings. The first-order valence-corrected chi connectivity index (χ1v) is 13.5. The Kier molecular flexibility index (Phi) is 11.2. The number of likely N-dealkylation sites (tertiary alicyclic amines) is 1. The highest BCUT2D eigenvalue weighted by molar-refractivity contribution is 5.68. The highest BCUT2D eigenvalue weighted by atomic mass is 19.1. The van der Waals surface area contributed by atoms with Gasteiger partial charge in [0.05, 0.1) is 6.10 Å². The van der Waals surface area contributed by atoms with E-state index in [4.69, 9.17) is 9.47 Å². The SMILES string of the molecule is CC(C)=C(/C=C(/OC(C)C)C1=C(C)NCCC1)CCCCC(F)C1CCN(C(=O)OC(C)(C)C)C1. The van der Waals surface area contributed by atoms with Gasteiger partial charge in [0.15, 0.2) is 0 Å². The Balaban J connectivity index is 1.90. The van der Waals surface area contributed by atoms with Crippen LogP contribution in [-0.4, -0.2) is 48.5 Å². The van der Waals surface area contributed by atoms with Crippen molar-refractivity contribution in [2.24, 2.45) is 5.92 Å². The van der Waals surface area contributed by atoms with Crippen molar-refractivity contribution in [2.45, 2.75) is 118 Å². The van der Waals surface area contributed by atoms with Crippen LogP contribution in [0.3, 0.4) is 0 Å². The minimum atomic E-state index is -0.880. The third-order valence-electron chi connectivity index (χ3n) is 6.62. The number of alkyl halides is 1. The lowest BCUT2D eigenvalue weighted by atomic mass is 9.95. The van der Waals surface area contributed by atoms with Crippen LogP contribution in [0.25, 0.3) is 0 Å². The molecule has 2 unspecified atom stereocenters. The van der Waals surface area contributed by atoms with Crippen LogP contribution in [0, 0.1) is 5.92 Å². The topological polar surface area (TPSA) is 50.8 Å². The highest BCUT2D eigenvalue weighted by Crippen LogP contribution is 2.29. The van der Waals surface area contributed by atoms with Gasteiger partial charge in [-0.05, 0) is 106 Å². The number of hydrogen-bond acceptors (Lipinski definition) is 4. The summed E-state index contributed by atoms with van der Waals surface area (Å²) < 4.78 is 26.6. The Morgan fingerprint density at radius 2 is 1.97 bits per heavy atom. The molecule has 1 fully saturated rings. The summed E-state index contributed by atoms with van der Waals surface area (Å²) in [4.78, 5) is 13.9. The predicted octanol–water partition coefficient (Wildman–Crippen LogP) is 7.44. The lowest BCUT2D eigenvalue weighted by Gasteiger charge is -2.25. The van der Waals surface area contributed by atoms with Crippen molar-refractivity contribution in [1.82, 2.24) is 10.2 Å². The molecule has 6 heteroatoms. The molecular weight excluding hydrogens is 443 g/mol. The molecular formula is C29H49FN2O3. The Morgan fingerprint density at radius 3 is 2.57 bits per heavy atom. The first-order chi connectivity index (χ1) is 16.4. The summed E-state index contributed by atoms with van der Waals surface area (Å²) in [6.07, 6.45) is 7.18. The minimum absolute atomic E-state index is 0.0925. The average molecular weight is 493 g/mol. The van der Waals surface area contributed by atoms with Gasteiger partial charge in [-0.25, -0.2) is 9.18 Å². The number of nitrogens with zero attached hydrogens (tertiary/aromatic N) is 1. The van der Waals surface area contributed by atoms with Crippen LogP contribution in [0.5, 0.6) is 0 Å². The van der Waals surface area contributed by atoms with E-state index >= 15 is 0 Å². The van der Waals surface area contributed by atoms with Gasteiger partial charge < -0.3 is 19.7 Å². The van der Waals surface area contributed by atoms with Gasteiger partial charge in [-0.2, -0.15) is 0 Å². The van der Waals surface area contributed by atoms with Gasteiger partial charge in [-0.3, -0.25) is 0 Å². The zero-order valence-corrected chi connectivity index (χ0v) is 23.4. The lowest BCUT2D eigenvalue weighted by Crippen LogP contribution is -2.36. The number of nitrogens with one attached hydrogen (secondary N) is 1. The van der Waals surface area contributed by atoms with Crippen molar-refractivity contribution in [3.8, 4) is 0 Å². The second kappa shape index (κ2) is 13.4. The lowest BCUT2D eigenvalue weighted by molar-refractivity contribution is 0.0280. The molecule has 2 aliphatic heterocycles. The number of unbranched alkanes of at least 4 members (excludes halogenated alkanes) is 1. The predicted molar refractivity (Wildman–Crippen MR) is 142 cm³/mol. The summed E-state index contributed by atoms with van der Waals surface area (Å²) >= 11 is 0. The fourth-order valence-electron chi connectivity index (χ4n) is 4.68. The Labute approximate surface area is 213 Å². The standard InChI is InChI=1S/C29H49FN2O3/c1-20(2)23(18-27(34-21(3)4)25-13-11-16-31-22(25)5)12-9-10-14-26(30)24-15-17-32(19-24)28(33)35-29(6,7)8/h18,21,24,26,31H,9-17,19H2,1-8H3/b27-18+. The third kappa shape index (κ3) is 9.89. The van der Waals surface area contributed by atoms with Crippen molar-refractivity contribution in [3.05, 3.63) is 34.3 Å². The van der Waals surface area contributed by atoms with E-state index in [2.05, 4.69) is 46.0 Å². The molecule has 2 heterocycles. The molecule has 35 heavy (non-hydrogen) atoms. The number of allylic oxidation sites excluding steroid dienone is 5. The number of rotatable bonds is 10. The van der Waals surface area contributed by atoms with E-state index in [9.17, 15) is 9.18 Å². The minimum Gasteiger partial charge on any atom is -0.491 e. The van der Waals surface area contributed by atoms with Crippen LogP contribution in [-0.2, 0) is 9.47 Å². The smallest absolute Gasteiger partial charge is 0.410 e. The van der Waals surface area contributed by atoms with Crippen molar-refractivity contribution in [3.63, 3.8) is 0 Å². The van der Waals surface area contributed by atoms with E-state index in [0.29, 0.717) is 25.9 Å². The number of amides is 1. The second-order valence-electron chi connectivity index (χ2n) is 11.6. The molecule has 1 N–H and O–H groups in total. The van der Waals surface area contributed by atoms with Crippen LogP contribution in [0.1, 0.15) is 100 Å². The van der Waals surface area contributed by atoms with Gasteiger partial charge in [-0.15, -0.1) is 0 Å². The van der Waals surface area contributed by atoms with Crippen molar-refractivity contribution >= 4 is 6.09 Å². The molecule has 5 nitrogen and oxygen atoms in total. The van der Waals surface area contributed by atoms with E-state index < -0.39 is 11.8 Å². The maximum absolute atomic E-state index is 15.0. The van der Waals surface area contributed by atoms with E-state index in [0.717, 1.165) is 44.4 Å². The maximum Gasteiger partial charge on any atom is 0.410 e. The molecule has 1 amide bonds. The molecule has 0 saturated carbocycles. The van der Waals surface area contributed by atoms with Gasteiger partial charge in [0.1, 0.15) is 17.5 Å². The Bertz CT molecular complexity index is 803. The third-order valence-corrected chi connectivity index (χ3v) is 6.62. The van der Waals surface area contributed by atoms with Crippen LogP contribution in [0.2, 0.25) is 0 Å². The Morgan fingerprint density at radius 1 is 1.26 bits per heavy atom. The summed E-state index contributed by atoms with van der Waals surface area (Å²) in [5.41, 5.74) is 4.50. The summed E-state index contributed by atoms with van der Waals surface area (Å²) in [6.45, 7) is 18.2. The maximum atomic E-state index is 15.0. The van der Waals surface area contributed by atoms with Crippen LogP contribution in [0.4, 0.5) is 9.18 Å². The first-order valence-electron chi connectivity index (χ1n) is 13.5. The van der Waals surface area contributed by atoms with Crippen molar-refractivity contribution in [1.29, 1.82) is 0 Å². The molecule has 0 bridgehead atoms. The van der Waals surface area contributed by atoms with E-state index in [1.54, 1.807) is 4.90 Å². The van der Waals surface area contributed by atoms with Gasteiger partial charge in [-0.1, -0.05) is 12.0 Å². The number of carbonyl (C=O) groups is 1. The fourth-order valence-corrected chi connectivity index (χ4v) is 4.68. The number of halogens is 1. The average Bonchev–Trinajstić information content (AvgIpc) is 3.24. The highest BCUT2D eigenvalue weighted by Gasteiger charge is 2.33. The summed E-state index contributed by atoms with van der Waals surface area (Å²) in [6, 6.07) is 0. The molecule has 2 rings (SSSR count). The summed E-state index contributed by atoms with van der Waals surface area (Å²) in [5, 5.41) is 3.47. The first kappa shape index (κ1) is 29.3. The zero-order chi connectivity index (χ0) is 26.2. The van der Waals surface area contributed by atoms with Crippen LogP contribution >= 0.6 is 0 Å². The number of ether oxygens (including phenoxy) is 2. The van der Waals surface area contributed by atoms with Gasteiger partial charge >= 0.3 is 6.09 Å². The molecule has 0 aliphatic carbocycles. The quantitative estimate of drug-likeness (QED) is 0.195. The molecule has 0 aromatic heterocycles.